The maximum Gasteiger partial charge on any atom is 0.254 e. The highest BCUT2D eigenvalue weighted by molar-refractivity contribution is 6.01. The van der Waals surface area contributed by atoms with Crippen LogP contribution in [0.15, 0.2) is 30.6 Å². The van der Waals surface area contributed by atoms with E-state index >= 15 is 0 Å². The molecule has 2 heterocycles. The first-order valence-corrected chi connectivity index (χ1v) is 7.84. The van der Waals surface area contributed by atoms with Gasteiger partial charge in [0.25, 0.3) is 5.91 Å². The van der Waals surface area contributed by atoms with E-state index in [1.54, 1.807) is 0 Å². The molecule has 8 heteroatoms. The average Bonchev–Trinajstić information content (AvgIpc) is 3.35. The lowest BCUT2D eigenvalue weighted by molar-refractivity contribution is -0.117. The number of halogens is 2. The number of nitrogens with zero attached hydrogens (tertiary/aromatic N) is 3. The smallest absolute Gasteiger partial charge is 0.254 e. The molecule has 1 aromatic carbocycles. The van der Waals surface area contributed by atoms with Crippen LogP contribution in [0.2, 0.25) is 0 Å². The van der Waals surface area contributed by atoms with E-state index in [1.165, 1.54) is 23.1 Å². The summed E-state index contributed by atoms with van der Waals surface area (Å²) in [6.07, 6.45) is 3.60. The number of amides is 2. The second-order valence-electron chi connectivity index (χ2n) is 6.40. The molecule has 1 fully saturated rings. The molecule has 0 saturated heterocycles. The van der Waals surface area contributed by atoms with Crippen molar-refractivity contribution in [1.29, 1.82) is 0 Å². The van der Waals surface area contributed by atoms with E-state index in [9.17, 15) is 18.4 Å². The van der Waals surface area contributed by atoms with Crippen LogP contribution in [-0.4, -0.2) is 39.8 Å². The van der Waals surface area contributed by atoms with Crippen LogP contribution in [0.5, 0.6) is 0 Å². The van der Waals surface area contributed by atoms with Crippen molar-refractivity contribution in [2.45, 2.75) is 18.3 Å². The lowest BCUT2D eigenvalue weighted by Gasteiger charge is -2.34. The van der Waals surface area contributed by atoms with Crippen molar-refractivity contribution in [2.75, 3.05) is 18.4 Å². The van der Waals surface area contributed by atoms with E-state index in [0.717, 1.165) is 30.8 Å². The minimum atomic E-state index is -0.608. The zero-order chi connectivity index (χ0) is 17.6. The summed E-state index contributed by atoms with van der Waals surface area (Å²) in [6.45, 7) is 0.206. The quantitative estimate of drug-likeness (QED) is 0.923. The summed E-state index contributed by atoms with van der Waals surface area (Å²) in [4.78, 5) is 33.5. The van der Waals surface area contributed by atoms with Crippen LogP contribution < -0.4 is 5.32 Å². The van der Waals surface area contributed by atoms with Gasteiger partial charge in [-0.3, -0.25) is 14.9 Å². The van der Waals surface area contributed by atoms with Gasteiger partial charge in [0.05, 0.1) is 12.4 Å². The largest absolute Gasteiger partial charge is 0.328 e. The minimum absolute atomic E-state index is 0.0283. The third-order valence-corrected chi connectivity index (χ3v) is 4.62. The van der Waals surface area contributed by atoms with Crippen molar-refractivity contribution in [3.8, 4) is 0 Å². The molecule has 0 bridgehead atoms. The molecular formula is C17H14F2N4O2. The molecule has 2 aromatic rings. The lowest BCUT2D eigenvalue weighted by Crippen LogP contribution is -2.46. The maximum atomic E-state index is 13.5. The Hall–Kier alpha value is -2.90. The van der Waals surface area contributed by atoms with Gasteiger partial charge in [0, 0.05) is 17.5 Å². The number of anilines is 1. The number of hydrogen-bond acceptors (Lipinski definition) is 4. The average molecular weight is 344 g/mol. The fraction of sp³-hybridized carbons (Fsp3) is 0.294. The summed E-state index contributed by atoms with van der Waals surface area (Å²) in [6, 6.07) is 4.15. The van der Waals surface area contributed by atoms with Crippen molar-refractivity contribution >= 4 is 17.8 Å². The number of aromatic nitrogens is 2. The third-order valence-electron chi connectivity index (χ3n) is 4.62. The zero-order valence-corrected chi connectivity index (χ0v) is 13.1. The van der Waals surface area contributed by atoms with Gasteiger partial charge in [0.15, 0.2) is 5.82 Å². The SMILES string of the molecule is O=C(CN1CC2(CC2)c2cc(F)ccc2C1=O)Nc1ncc(F)cn1. The Morgan fingerprint density at radius 1 is 1.20 bits per heavy atom. The van der Waals surface area contributed by atoms with Gasteiger partial charge in [0.1, 0.15) is 12.4 Å². The fourth-order valence-electron chi connectivity index (χ4n) is 3.25. The summed E-state index contributed by atoms with van der Waals surface area (Å²) in [7, 11) is 0. The van der Waals surface area contributed by atoms with Gasteiger partial charge in [-0.15, -0.1) is 0 Å². The van der Waals surface area contributed by atoms with Crippen molar-refractivity contribution in [3.63, 3.8) is 0 Å². The molecule has 1 saturated carbocycles. The molecule has 6 nitrogen and oxygen atoms in total. The maximum absolute atomic E-state index is 13.5. The van der Waals surface area contributed by atoms with Crippen LogP contribution in [0.1, 0.15) is 28.8 Å². The van der Waals surface area contributed by atoms with Crippen LogP contribution in [0.3, 0.4) is 0 Å². The molecule has 1 aromatic heterocycles. The van der Waals surface area contributed by atoms with Gasteiger partial charge < -0.3 is 4.90 Å². The highest BCUT2D eigenvalue weighted by atomic mass is 19.1. The normalized spacial score (nSPS) is 17.4. The fourth-order valence-corrected chi connectivity index (χ4v) is 3.25. The lowest BCUT2D eigenvalue weighted by atomic mass is 9.86. The molecule has 0 atom stereocenters. The van der Waals surface area contributed by atoms with Crippen molar-refractivity contribution in [1.82, 2.24) is 14.9 Å². The molecule has 1 N–H and O–H groups in total. The number of fused-ring (bicyclic) bond motifs is 2. The Bertz CT molecular complexity index is 865. The van der Waals surface area contributed by atoms with Crippen molar-refractivity contribution in [2.24, 2.45) is 0 Å². The van der Waals surface area contributed by atoms with E-state index in [2.05, 4.69) is 15.3 Å². The highest BCUT2D eigenvalue weighted by Crippen LogP contribution is 2.52. The second kappa shape index (κ2) is 5.58. The Kier molecular flexibility index (Phi) is 3.48. The van der Waals surface area contributed by atoms with Crippen molar-refractivity contribution in [3.05, 3.63) is 53.4 Å². The molecule has 2 amide bonds. The Morgan fingerprint density at radius 2 is 1.92 bits per heavy atom. The van der Waals surface area contributed by atoms with Gasteiger partial charge in [-0.05, 0) is 36.6 Å². The molecule has 1 spiro atoms. The molecule has 2 aliphatic rings. The van der Waals surface area contributed by atoms with E-state index in [-0.39, 0.29) is 29.6 Å². The monoisotopic (exact) mass is 344 g/mol. The van der Waals surface area contributed by atoms with E-state index in [4.69, 9.17) is 0 Å². The van der Waals surface area contributed by atoms with Crippen LogP contribution >= 0.6 is 0 Å². The van der Waals surface area contributed by atoms with E-state index < -0.39 is 11.7 Å². The van der Waals surface area contributed by atoms with Gasteiger partial charge >= 0.3 is 0 Å². The van der Waals surface area contributed by atoms with E-state index in [0.29, 0.717) is 12.1 Å². The number of nitrogens with one attached hydrogen (secondary N) is 1. The predicted molar refractivity (Wildman–Crippen MR) is 83.8 cm³/mol. The molecule has 25 heavy (non-hydrogen) atoms. The van der Waals surface area contributed by atoms with Gasteiger partial charge in [-0.1, -0.05) is 0 Å². The van der Waals surface area contributed by atoms with Crippen LogP contribution in [0, 0.1) is 11.6 Å². The molecule has 0 unspecified atom stereocenters. The van der Waals surface area contributed by atoms with E-state index in [1.807, 2.05) is 0 Å². The third kappa shape index (κ3) is 2.84. The Morgan fingerprint density at radius 3 is 2.60 bits per heavy atom. The molecular weight excluding hydrogens is 330 g/mol. The molecule has 4 rings (SSSR count). The van der Waals surface area contributed by atoms with Crippen LogP contribution in [-0.2, 0) is 10.2 Å². The standard InChI is InChI=1S/C17H14F2N4O2/c18-10-1-2-12-13(5-10)17(3-4-17)9-23(15(12)25)8-14(24)22-16-20-6-11(19)7-21-16/h1-2,5-7H,3-4,8-9H2,(H,20,21,22,24). The summed E-state index contributed by atoms with van der Waals surface area (Å²) in [5.41, 5.74) is 0.921. The minimum Gasteiger partial charge on any atom is -0.328 e. The summed E-state index contributed by atoms with van der Waals surface area (Å²) >= 11 is 0. The summed E-state index contributed by atoms with van der Waals surface area (Å²) in [5.74, 6) is -1.77. The summed E-state index contributed by atoms with van der Waals surface area (Å²) in [5, 5.41) is 2.44. The Balaban J connectivity index is 1.52. The number of carbonyl (C=O) groups excluding carboxylic acids is 2. The number of carbonyl (C=O) groups is 2. The van der Waals surface area contributed by atoms with Gasteiger partial charge in [-0.25, -0.2) is 18.7 Å². The first kappa shape index (κ1) is 15.6. The van der Waals surface area contributed by atoms with Crippen LogP contribution in [0.25, 0.3) is 0 Å². The Labute approximate surface area is 141 Å². The highest BCUT2D eigenvalue weighted by Gasteiger charge is 2.51. The molecule has 128 valence electrons. The number of rotatable bonds is 3. The zero-order valence-electron chi connectivity index (χ0n) is 13.1. The molecule has 0 radical (unpaired) electrons. The topological polar surface area (TPSA) is 75.2 Å². The first-order chi connectivity index (χ1) is 12.0. The molecule has 1 aliphatic heterocycles. The number of benzene rings is 1. The van der Waals surface area contributed by atoms with Crippen LogP contribution in [0.4, 0.5) is 14.7 Å². The van der Waals surface area contributed by atoms with Gasteiger partial charge in [-0.2, -0.15) is 0 Å². The second-order valence-corrected chi connectivity index (χ2v) is 6.40. The number of hydrogen-bond donors (Lipinski definition) is 1. The van der Waals surface area contributed by atoms with Crippen molar-refractivity contribution < 1.29 is 18.4 Å². The first-order valence-electron chi connectivity index (χ1n) is 7.84. The molecule has 1 aliphatic carbocycles. The van der Waals surface area contributed by atoms with Gasteiger partial charge in [0.2, 0.25) is 11.9 Å². The summed E-state index contributed by atoms with van der Waals surface area (Å²) < 4.78 is 26.3. The predicted octanol–water partition coefficient (Wildman–Crippen LogP) is 1.88.